The van der Waals surface area contributed by atoms with Crippen LogP contribution in [0.3, 0.4) is 0 Å². The average molecular weight is 235 g/mol. The molecular formula is C12H17N3S. The summed E-state index contributed by atoms with van der Waals surface area (Å²) in [5.74, 6) is 0. The number of hydrogen-bond donors (Lipinski definition) is 1. The summed E-state index contributed by atoms with van der Waals surface area (Å²) in [5, 5.41) is 5.52. The van der Waals surface area contributed by atoms with Crippen LogP contribution in [0.4, 0.5) is 0 Å². The number of aromatic nitrogens is 2. The van der Waals surface area contributed by atoms with Gasteiger partial charge in [-0.05, 0) is 25.3 Å². The fraction of sp³-hybridized carbons (Fsp3) is 0.583. The monoisotopic (exact) mass is 235 g/mol. The van der Waals surface area contributed by atoms with E-state index in [0.717, 1.165) is 11.4 Å². The molecule has 1 saturated carbocycles. The van der Waals surface area contributed by atoms with Gasteiger partial charge >= 0.3 is 0 Å². The van der Waals surface area contributed by atoms with E-state index < -0.39 is 0 Å². The molecule has 1 aliphatic rings. The number of rotatable bonds is 4. The van der Waals surface area contributed by atoms with Gasteiger partial charge in [-0.2, -0.15) is 0 Å². The lowest BCUT2D eigenvalue weighted by Crippen LogP contribution is -2.35. The molecule has 0 radical (unpaired) electrons. The predicted molar refractivity (Wildman–Crippen MR) is 67.0 cm³/mol. The molecular weight excluding hydrogens is 218 g/mol. The number of fused-ring (bicyclic) bond motifs is 1. The van der Waals surface area contributed by atoms with Crippen molar-refractivity contribution in [1.82, 2.24) is 14.7 Å². The molecule has 0 aliphatic heterocycles. The Morgan fingerprint density at radius 1 is 1.62 bits per heavy atom. The molecule has 2 aromatic rings. The lowest BCUT2D eigenvalue weighted by molar-refractivity contribution is 0.374. The lowest BCUT2D eigenvalue weighted by Gasteiger charge is -2.21. The minimum absolute atomic E-state index is 0.506. The quantitative estimate of drug-likeness (QED) is 0.881. The molecule has 1 N–H and O–H groups in total. The first-order valence-corrected chi connectivity index (χ1v) is 6.67. The van der Waals surface area contributed by atoms with Crippen LogP contribution in [-0.2, 0) is 6.42 Å². The minimum atomic E-state index is 0.506. The maximum Gasteiger partial charge on any atom is 0.193 e. The van der Waals surface area contributed by atoms with Gasteiger partial charge in [-0.1, -0.05) is 6.92 Å². The molecule has 0 bridgehead atoms. The Balaban J connectivity index is 1.80. The molecule has 86 valence electrons. The van der Waals surface area contributed by atoms with Crippen molar-refractivity contribution in [3.63, 3.8) is 0 Å². The van der Waals surface area contributed by atoms with Crippen molar-refractivity contribution in [3.8, 4) is 0 Å². The van der Waals surface area contributed by atoms with E-state index in [1.54, 1.807) is 11.3 Å². The third-order valence-corrected chi connectivity index (χ3v) is 4.56. The highest BCUT2D eigenvalue weighted by molar-refractivity contribution is 7.15. The molecule has 2 aromatic heterocycles. The Hall–Kier alpha value is -0.870. The van der Waals surface area contributed by atoms with Crippen LogP contribution < -0.4 is 5.32 Å². The van der Waals surface area contributed by atoms with Crippen molar-refractivity contribution in [1.29, 1.82) is 0 Å². The second-order valence-corrected chi connectivity index (χ2v) is 5.90. The van der Waals surface area contributed by atoms with Gasteiger partial charge in [0.05, 0.1) is 5.69 Å². The van der Waals surface area contributed by atoms with Crippen LogP contribution in [0, 0.1) is 5.41 Å². The van der Waals surface area contributed by atoms with Crippen LogP contribution in [0.15, 0.2) is 17.8 Å². The van der Waals surface area contributed by atoms with Gasteiger partial charge in [0, 0.05) is 30.2 Å². The molecule has 1 unspecified atom stereocenters. The van der Waals surface area contributed by atoms with Crippen LogP contribution in [0.1, 0.15) is 25.5 Å². The molecule has 1 aliphatic carbocycles. The molecule has 0 amide bonds. The Labute approximate surface area is 99.5 Å². The zero-order valence-electron chi connectivity index (χ0n) is 9.73. The van der Waals surface area contributed by atoms with Crippen molar-refractivity contribution >= 4 is 16.3 Å². The van der Waals surface area contributed by atoms with Gasteiger partial charge in [0.25, 0.3) is 0 Å². The fourth-order valence-electron chi connectivity index (χ4n) is 2.33. The summed E-state index contributed by atoms with van der Waals surface area (Å²) in [4.78, 5) is 5.75. The maximum absolute atomic E-state index is 4.64. The lowest BCUT2D eigenvalue weighted by atomic mass is 9.95. The zero-order chi connectivity index (χ0) is 11.2. The number of likely N-dealkylation sites (N-methyl/N-ethyl adjacent to an activating group) is 1. The van der Waals surface area contributed by atoms with Gasteiger partial charge in [-0.3, -0.25) is 4.40 Å². The van der Waals surface area contributed by atoms with E-state index in [0.29, 0.717) is 11.5 Å². The van der Waals surface area contributed by atoms with E-state index in [2.05, 4.69) is 46.4 Å². The summed E-state index contributed by atoms with van der Waals surface area (Å²) in [6.07, 6.45) is 7.97. The smallest absolute Gasteiger partial charge is 0.193 e. The molecule has 1 fully saturated rings. The van der Waals surface area contributed by atoms with Crippen molar-refractivity contribution < 1.29 is 0 Å². The molecule has 1 atom stereocenters. The normalized spacial score (nSPS) is 20.1. The third kappa shape index (κ3) is 1.66. The van der Waals surface area contributed by atoms with E-state index in [-0.39, 0.29) is 0 Å². The van der Waals surface area contributed by atoms with Crippen molar-refractivity contribution in [2.24, 2.45) is 5.41 Å². The van der Waals surface area contributed by atoms with Crippen LogP contribution in [0.2, 0.25) is 0 Å². The van der Waals surface area contributed by atoms with E-state index in [1.165, 1.54) is 18.5 Å². The largest absolute Gasteiger partial charge is 0.316 e. The van der Waals surface area contributed by atoms with Crippen LogP contribution in [-0.4, -0.2) is 22.5 Å². The number of imidazole rings is 1. The molecule has 0 aromatic carbocycles. The first-order valence-electron chi connectivity index (χ1n) is 5.80. The van der Waals surface area contributed by atoms with Gasteiger partial charge in [0.15, 0.2) is 4.96 Å². The number of nitrogens with one attached hydrogen (secondary N) is 1. The highest BCUT2D eigenvalue weighted by atomic mass is 32.1. The number of thiazole rings is 1. The zero-order valence-corrected chi connectivity index (χ0v) is 10.5. The summed E-state index contributed by atoms with van der Waals surface area (Å²) >= 11 is 1.70. The highest BCUT2D eigenvalue weighted by Gasteiger charge is 2.44. The topological polar surface area (TPSA) is 29.3 Å². The molecule has 0 saturated heterocycles. The van der Waals surface area contributed by atoms with Gasteiger partial charge in [0.1, 0.15) is 0 Å². The Morgan fingerprint density at radius 2 is 2.44 bits per heavy atom. The Morgan fingerprint density at radius 3 is 3.06 bits per heavy atom. The predicted octanol–water partition coefficient (Wildman–Crippen LogP) is 2.33. The Bertz CT molecular complexity index is 467. The summed E-state index contributed by atoms with van der Waals surface area (Å²) in [6, 6.07) is 0.567. The van der Waals surface area contributed by atoms with E-state index in [9.17, 15) is 0 Å². The molecule has 0 spiro atoms. The second kappa shape index (κ2) is 3.57. The van der Waals surface area contributed by atoms with Crippen LogP contribution in [0.5, 0.6) is 0 Å². The summed E-state index contributed by atoms with van der Waals surface area (Å²) < 4.78 is 2.11. The first-order chi connectivity index (χ1) is 7.71. The SMILES string of the molecule is CNC(Cc1cn2ccsc2n1)C1(C)CC1. The molecule has 2 heterocycles. The molecule has 3 nitrogen and oxygen atoms in total. The minimum Gasteiger partial charge on any atom is -0.316 e. The highest BCUT2D eigenvalue weighted by Crippen LogP contribution is 2.48. The number of nitrogens with zero attached hydrogens (tertiary/aromatic N) is 2. The standard InChI is InChI=1S/C12H17N3S/c1-12(3-4-12)10(13-2)7-9-8-15-5-6-16-11(15)14-9/h5-6,8,10,13H,3-4,7H2,1-2H3. The Kier molecular flexibility index (Phi) is 2.30. The van der Waals surface area contributed by atoms with Gasteiger partial charge in [-0.15, -0.1) is 11.3 Å². The van der Waals surface area contributed by atoms with Crippen LogP contribution >= 0.6 is 11.3 Å². The third-order valence-electron chi connectivity index (χ3n) is 3.78. The molecule has 16 heavy (non-hydrogen) atoms. The summed E-state index contributed by atoms with van der Waals surface area (Å²) in [7, 11) is 2.06. The number of hydrogen-bond acceptors (Lipinski definition) is 3. The van der Waals surface area contributed by atoms with Crippen molar-refractivity contribution in [2.45, 2.75) is 32.2 Å². The fourth-order valence-corrected chi connectivity index (χ4v) is 3.05. The average Bonchev–Trinajstić information content (AvgIpc) is 2.72. The van der Waals surface area contributed by atoms with Crippen molar-refractivity contribution in [2.75, 3.05) is 7.05 Å². The summed E-state index contributed by atoms with van der Waals surface area (Å²) in [5.41, 5.74) is 1.71. The van der Waals surface area contributed by atoms with E-state index >= 15 is 0 Å². The van der Waals surface area contributed by atoms with Gasteiger partial charge < -0.3 is 5.32 Å². The van der Waals surface area contributed by atoms with Crippen LogP contribution in [0.25, 0.3) is 4.96 Å². The molecule has 3 rings (SSSR count). The van der Waals surface area contributed by atoms with E-state index in [4.69, 9.17) is 0 Å². The van der Waals surface area contributed by atoms with Gasteiger partial charge in [0.2, 0.25) is 0 Å². The van der Waals surface area contributed by atoms with Gasteiger partial charge in [-0.25, -0.2) is 4.98 Å². The first kappa shape index (κ1) is 10.3. The van der Waals surface area contributed by atoms with Crippen molar-refractivity contribution in [3.05, 3.63) is 23.5 Å². The maximum atomic E-state index is 4.64. The second-order valence-electron chi connectivity index (χ2n) is 5.02. The molecule has 4 heteroatoms. The van der Waals surface area contributed by atoms with E-state index in [1.807, 2.05) is 0 Å². The summed E-state index contributed by atoms with van der Waals surface area (Å²) in [6.45, 7) is 2.37.